The molecule has 3 rings (SSSR count). The molecule has 0 aliphatic carbocycles. The molecule has 0 radical (unpaired) electrons. The number of benzene rings is 1. The molecule has 0 amide bonds. The second-order valence-electron chi connectivity index (χ2n) is 5.80. The van der Waals surface area contributed by atoms with Crippen molar-refractivity contribution in [2.24, 2.45) is 0 Å². The number of H-pyrrole nitrogens is 1. The number of rotatable bonds is 7. The van der Waals surface area contributed by atoms with Crippen LogP contribution >= 0.6 is 11.8 Å². The van der Waals surface area contributed by atoms with Gasteiger partial charge in [-0.05, 0) is 24.6 Å². The van der Waals surface area contributed by atoms with Gasteiger partial charge in [-0.2, -0.15) is 0 Å². The zero-order valence-corrected chi connectivity index (χ0v) is 15.4. The molecule has 0 unspecified atom stereocenters. The van der Waals surface area contributed by atoms with E-state index in [2.05, 4.69) is 21.8 Å². The van der Waals surface area contributed by atoms with Gasteiger partial charge in [0.1, 0.15) is 5.82 Å². The standard InChI is InChI=1S/C18H17FN4O3S/c1-3-7-23-16(24)14(11(2)20-17(23)25)9-15-21-22-18(26-15)27-10-12-5-4-6-13(19)8-12/h3-6,8H,1,7,9-10H2,2H3,(H,20,25). The Balaban J connectivity index is 1.76. The van der Waals surface area contributed by atoms with Gasteiger partial charge in [-0.3, -0.25) is 9.36 Å². The summed E-state index contributed by atoms with van der Waals surface area (Å²) in [5.74, 6) is 0.432. The van der Waals surface area contributed by atoms with Gasteiger partial charge in [0.2, 0.25) is 5.89 Å². The molecule has 1 N–H and O–H groups in total. The molecular weight excluding hydrogens is 371 g/mol. The molecule has 0 bridgehead atoms. The molecule has 0 saturated heterocycles. The number of hydrogen-bond donors (Lipinski definition) is 1. The summed E-state index contributed by atoms with van der Waals surface area (Å²) in [6, 6.07) is 6.26. The van der Waals surface area contributed by atoms with E-state index in [4.69, 9.17) is 4.42 Å². The van der Waals surface area contributed by atoms with Gasteiger partial charge in [-0.15, -0.1) is 16.8 Å². The van der Waals surface area contributed by atoms with E-state index in [1.54, 1.807) is 19.1 Å². The quantitative estimate of drug-likeness (QED) is 0.494. The van der Waals surface area contributed by atoms with Crippen LogP contribution in [0.2, 0.25) is 0 Å². The number of aromatic amines is 1. The highest BCUT2D eigenvalue weighted by Crippen LogP contribution is 2.22. The van der Waals surface area contributed by atoms with E-state index < -0.39 is 11.2 Å². The van der Waals surface area contributed by atoms with E-state index in [0.717, 1.165) is 10.1 Å². The summed E-state index contributed by atoms with van der Waals surface area (Å²) in [5, 5.41) is 8.21. The van der Waals surface area contributed by atoms with Gasteiger partial charge >= 0.3 is 5.69 Å². The lowest BCUT2D eigenvalue weighted by atomic mass is 10.1. The molecular formula is C18H17FN4O3S. The van der Waals surface area contributed by atoms with Crippen molar-refractivity contribution in [1.29, 1.82) is 0 Å². The Morgan fingerprint density at radius 1 is 1.37 bits per heavy atom. The highest BCUT2D eigenvalue weighted by atomic mass is 32.2. The lowest BCUT2D eigenvalue weighted by Crippen LogP contribution is -2.37. The smallest absolute Gasteiger partial charge is 0.328 e. The van der Waals surface area contributed by atoms with Gasteiger partial charge in [0.25, 0.3) is 10.8 Å². The third-order valence-electron chi connectivity index (χ3n) is 3.83. The van der Waals surface area contributed by atoms with Crippen molar-refractivity contribution in [3.63, 3.8) is 0 Å². The second kappa shape index (κ2) is 8.17. The van der Waals surface area contributed by atoms with Crippen LogP contribution in [0.25, 0.3) is 0 Å². The molecule has 0 aliphatic rings. The van der Waals surface area contributed by atoms with Crippen LogP contribution in [0.1, 0.15) is 22.7 Å². The van der Waals surface area contributed by atoms with Crippen LogP contribution in [0.15, 0.2) is 56.1 Å². The SMILES string of the molecule is C=CCn1c(=O)[nH]c(C)c(Cc2nnc(SCc3cccc(F)c3)o2)c1=O. The Morgan fingerprint density at radius 3 is 2.93 bits per heavy atom. The third kappa shape index (κ3) is 4.43. The van der Waals surface area contributed by atoms with Gasteiger partial charge in [-0.1, -0.05) is 30.0 Å². The Morgan fingerprint density at radius 2 is 2.19 bits per heavy atom. The van der Waals surface area contributed by atoms with Gasteiger partial charge in [-0.25, -0.2) is 9.18 Å². The summed E-state index contributed by atoms with van der Waals surface area (Å²) in [7, 11) is 0. The van der Waals surface area contributed by atoms with E-state index in [1.807, 2.05) is 0 Å². The fourth-order valence-electron chi connectivity index (χ4n) is 2.51. The van der Waals surface area contributed by atoms with E-state index >= 15 is 0 Å². The van der Waals surface area contributed by atoms with Gasteiger partial charge in [0, 0.05) is 23.6 Å². The molecule has 27 heavy (non-hydrogen) atoms. The van der Waals surface area contributed by atoms with Crippen LogP contribution < -0.4 is 11.2 Å². The highest BCUT2D eigenvalue weighted by Gasteiger charge is 2.15. The fourth-order valence-corrected chi connectivity index (χ4v) is 3.24. The number of nitrogens with zero attached hydrogens (tertiary/aromatic N) is 3. The second-order valence-corrected chi connectivity index (χ2v) is 6.72. The molecule has 140 valence electrons. The van der Waals surface area contributed by atoms with E-state index in [-0.39, 0.29) is 24.7 Å². The minimum Gasteiger partial charge on any atom is -0.416 e. The average Bonchev–Trinajstić information content (AvgIpc) is 3.08. The van der Waals surface area contributed by atoms with Crippen LogP contribution in [0.3, 0.4) is 0 Å². The summed E-state index contributed by atoms with van der Waals surface area (Å²) in [6.45, 7) is 5.31. The van der Waals surface area contributed by atoms with E-state index in [9.17, 15) is 14.0 Å². The normalized spacial score (nSPS) is 10.9. The minimum atomic E-state index is -0.488. The molecule has 0 saturated carbocycles. The van der Waals surface area contributed by atoms with Crippen LogP contribution in [-0.2, 0) is 18.7 Å². The maximum absolute atomic E-state index is 13.2. The van der Waals surface area contributed by atoms with E-state index in [0.29, 0.717) is 22.2 Å². The number of thioether (sulfide) groups is 1. The minimum absolute atomic E-state index is 0.103. The number of halogens is 1. The van der Waals surface area contributed by atoms with Gasteiger partial charge in [0.15, 0.2) is 0 Å². The zero-order chi connectivity index (χ0) is 19.4. The first-order valence-electron chi connectivity index (χ1n) is 8.11. The molecule has 2 aromatic heterocycles. The number of hydrogen-bond acceptors (Lipinski definition) is 6. The summed E-state index contributed by atoms with van der Waals surface area (Å²) < 4.78 is 19.8. The summed E-state index contributed by atoms with van der Waals surface area (Å²) in [5.41, 5.74) is 0.726. The van der Waals surface area contributed by atoms with Crippen molar-refractivity contribution in [3.8, 4) is 0 Å². The maximum Gasteiger partial charge on any atom is 0.328 e. The van der Waals surface area contributed by atoms with Crippen molar-refractivity contribution in [2.75, 3.05) is 0 Å². The summed E-state index contributed by atoms with van der Waals surface area (Å²) >= 11 is 1.27. The molecule has 0 atom stereocenters. The topological polar surface area (TPSA) is 93.8 Å². The molecule has 1 aromatic carbocycles. The number of allylic oxidation sites excluding steroid dienone is 1. The highest BCUT2D eigenvalue weighted by molar-refractivity contribution is 7.98. The Labute approximate surface area is 158 Å². The molecule has 0 fully saturated rings. The largest absolute Gasteiger partial charge is 0.416 e. The number of aromatic nitrogens is 4. The van der Waals surface area contributed by atoms with Crippen molar-refractivity contribution in [2.45, 2.75) is 30.9 Å². The maximum atomic E-state index is 13.2. The molecule has 0 aliphatic heterocycles. The van der Waals surface area contributed by atoms with Crippen molar-refractivity contribution in [1.82, 2.24) is 19.7 Å². The Hall–Kier alpha value is -2.94. The fraction of sp³-hybridized carbons (Fsp3) is 0.222. The Kier molecular flexibility index (Phi) is 5.70. The summed E-state index contributed by atoms with van der Waals surface area (Å²) in [6.07, 6.45) is 1.58. The Bertz CT molecular complexity index is 1090. The summed E-state index contributed by atoms with van der Waals surface area (Å²) in [4.78, 5) is 27.0. The monoisotopic (exact) mass is 388 g/mol. The average molecular weight is 388 g/mol. The van der Waals surface area contributed by atoms with Gasteiger partial charge in [0.05, 0.1) is 6.42 Å². The van der Waals surface area contributed by atoms with Crippen LogP contribution in [0.5, 0.6) is 0 Å². The van der Waals surface area contributed by atoms with Gasteiger partial charge < -0.3 is 9.40 Å². The lowest BCUT2D eigenvalue weighted by molar-refractivity contribution is 0.419. The van der Waals surface area contributed by atoms with Crippen LogP contribution in [-0.4, -0.2) is 19.7 Å². The number of aryl methyl sites for hydroxylation is 1. The van der Waals surface area contributed by atoms with Crippen molar-refractivity contribution in [3.05, 3.63) is 86.3 Å². The van der Waals surface area contributed by atoms with Crippen molar-refractivity contribution >= 4 is 11.8 Å². The molecule has 3 aromatic rings. The molecule has 2 heterocycles. The predicted octanol–water partition coefficient (Wildman–Crippen LogP) is 2.44. The first-order chi connectivity index (χ1) is 13.0. The molecule has 7 nitrogen and oxygen atoms in total. The van der Waals surface area contributed by atoms with E-state index in [1.165, 1.54) is 30.0 Å². The van der Waals surface area contributed by atoms with Crippen molar-refractivity contribution < 1.29 is 8.81 Å². The third-order valence-corrected chi connectivity index (χ3v) is 4.72. The van der Waals surface area contributed by atoms with Crippen LogP contribution in [0, 0.1) is 12.7 Å². The first kappa shape index (κ1) is 18.8. The number of nitrogens with one attached hydrogen (secondary N) is 1. The first-order valence-corrected chi connectivity index (χ1v) is 9.09. The predicted molar refractivity (Wildman–Crippen MR) is 99.3 cm³/mol. The lowest BCUT2D eigenvalue weighted by Gasteiger charge is -2.06. The molecule has 0 spiro atoms. The zero-order valence-electron chi connectivity index (χ0n) is 14.6. The van der Waals surface area contributed by atoms with Crippen LogP contribution in [0.4, 0.5) is 4.39 Å². The molecule has 9 heteroatoms.